The van der Waals surface area contributed by atoms with E-state index in [1.807, 2.05) is 35.2 Å². The fraction of sp³-hybridized carbons (Fsp3) is 0.611. The topological polar surface area (TPSA) is 43.8 Å². The molecule has 0 spiro atoms. The van der Waals surface area contributed by atoms with Gasteiger partial charge in [-0.05, 0) is 12.0 Å². The average Bonchev–Trinajstić information content (AvgIpc) is 2.95. The number of nitrogens with zero attached hydrogens (tertiary/aromatic N) is 2. The smallest absolute Gasteiger partial charge is 0.250 e. The molecule has 1 aromatic carbocycles. The van der Waals surface area contributed by atoms with Crippen molar-refractivity contribution in [3.8, 4) is 0 Å². The van der Waals surface area contributed by atoms with Crippen LogP contribution in [-0.2, 0) is 11.2 Å². The van der Waals surface area contributed by atoms with Gasteiger partial charge in [0.15, 0.2) is 0 Å². The van der Waals surface area contributed by atoms with E-state index in [1.54, 1.807) is 4.90 Å². The molecule has 2 heterocycles. The van der Waals surface area contributed by atoms with Crippen LogP contribution in [0.3, 0.4) is 0 Å². The van der Waals surface area contributed by atoms with Gasteiger partial charge in [0.2, 0.25) is 5.91 Å². The summed E-state index contributed by atoms with van der Waals surface area (Å²) in [5.41, 5.74) is 1.11. The summed E-state index contributed by atoms with van der Waals surface area (Å²) in [5.74, 6) is -2.58. The van der Waals surface area contributed by atoms with Gasteiger partial charge in [0.1, 0.15) is 0 Å². The lowest BCUT2D eigenvalue weighted by Crippen LogP contribution is -2.49. The second-order valence-corrected chi connectivity index (χ2v) is 6.81. The van der Waals surface area contributed by atoms with E-state index in [2.05, 4.69) is 0 Å². The molecule has 1 N–H and O–H groups in total. The minimum absolute atomic E-state index is 0.0164. The van der Waals surface area contributed by atoms with Crippen molar-refractivity contribution < 1.29 is 18.7 Å². The molecule has 132 valence electrons. The summed E-state index contributed by atoms with van der Waals surface area (Å²) in [6.07, 6.45) is 0.0856. The van der Waals surface area contributed by atoms with Crippen LogP contribution in [0.4, 0.5) is 8.78 Å². The molecule has 0 bridgehead atoms. The van der Waals surface area contributed by atoms with E-state index in [9.17, 15) is 18.7 Å². The molecule has 0 aromatic heterocycles. The highest BCUT2D eigenvalue weighted by molar-refractivity contribution is 5.77. The van der Waals surface area contributed by atoms with E-state index >= 15 is 0 Å². The van der Waals surface area contributed by atoms with Gasteiger partial charge in [-0.3, -0.25) is 9.69 Å². The molecule has 2 fully saturated rings. The zero-order chi connectivity index (χ0) is 17.2. The highest BCUT2D eigenvalue weighted by atomic mass is 19.3. The molecule has 6 heteroatoms. The molecule has 0 saturated carbocycles. The summed E-state index contributed by atoms with van der Waals surface area (Å²) >= 11 is 0. The lowest BCUT2D eigenvalue weighted by atomic mass is 10.0. The second-order valence-electron chi connectivity index (χ2n) is 6.81. The van der Waals surface area contributed by atoms with Gasteiger partial charge in [0.05, 0.1) is 12.1 Å². The van der Waals surface area contributed by atoms with Crippen LogP contribution in [0.5, 0.6) is 0 Å². The monoisotopic (exact) mass is 338 g/mol. The summed E-state index contributed by atoms with van der Waals surface area (Å²) < 4.78 is 26.5. The maximum atomic E-state index is 13.3. The van der Waals surface area contributed by atoms with Gasteiger partial charge in [-0.15, -0.1) is 0 Å². The Bertz CT molecular complexity index is 557. The Labute approximate surface area is 141 Å². The maximum Gasteiger partial charge on any atom is 0.250 e. The Hall–Kier alpha value is -1.53. The number of carbonyl (C=O) groups excluding carboxylic acids is 1. The molecular weight excluding hydrogens is 314 g/mol. The number of halogens is 2. The second kappa shape index (κ2) is 7.15. The highest BCUT2D eigenvalue weighted by Crippen LogP contribution is 2.30. The van der Waals surface area contributed by atoms with Crippen LogP contribution in [0.25, 0.3) is 0 Å². The number of hydrogen-bond donors (Lipinski definition) is 1. The number of β-amino-alcohol motifs (C(OH)–C–C–N with tert-alkyl or cyclic N) is 1. The third kappa shape index (κ3) is 4.11. The first kappa shape index (κ1) is 17.3. The van der Waals surface area contributed by atoms with Crippen molar-refractivity contribution in [2.75, 3.05) is 26.2 Å². The number of amides is 1. The van der Waals surface area contributed by atoms with E-state index in [1.165, 1.54) is 0 Å². The zero-order valence-electron chi connectivity index (χ0n) is 13.7. The quantitative estimate of drug-likeness (QED) is 0.912. The van der Waals surface area contributed by atoms with Crippen molar-refractivity contribution in [1.82, 2.24) is 9.80 Å². The van der Waals surface area contributed by atoms with E-state index in [4.69, 9.17) is 0 Å². The first-order valence-corrected chi connectivity index (χ1v) is 8.56. The maximum absolute atomic E-state index is 13.3. The molecule has 2 atom stereocenters. The molecule has 2 aliphatic heterocycles. The van der Waals surface area contributed by atoms with Crippen molar-refractivity contribution in [3.63, 3.8) is 0 Å². The van der Waals surface area contributed by atoms with Crippen LogP contribution >= 0.6 is 0 Å². The number of rotatable bonds is 4. The summed E-state index contributed by atoms with van der Waals surface area (Å²) in [4.78, 5) is 16.0. The summed E-state index contributed by atoms with van der Waals surface area (Å²) in [6.45, 7) is 1.28. The molecule has 3 rings (SSSR count). The molecule has 2 aliphatic rings. The Balaban J connectivity index is 1.51. The number of hydrogen-bond acceptors (Lipinski definition) is 3. The lowest BCUT2D eigenvalue weighted by molar-refractivity contribution is -0.130. The van der Waals surface area contributed by atoms with Crippen molar-refractivity contribution in [1.29, 1.82) is 0 Å². The first-order valence-electron chi connectivity index (χ1n) is 8.56. The fourth-order valence-electron chi connectivity index (χ4n) is 3.57. The number of aryl methyl sites for hydroxylation is 1. The lowest BCUT2D eigenvalue weighted by Gasteiger charge is -2.36. The first-order chi connectivity index (χ1) is 11.4. The van der Waals surface area contributed by atoms with Gasteiger partial charge in [-0.1, -0.05) is 30.3 Å². The van der Waals surface area contributed by atoms with Crippen LogP contribution in [0, 0.1) is 0 Å². The highest BCUT2D eigenvalue weighted by Gasteiger charge is 2.42. The van der Waals surface area contributed by atoms with Gasteiger partial charge >= 0.3 is 0 Å². The van der Waals surface area contributed by atoms with Crippen LogP contribution in [0.2, 0.25) is 0 Å². The normalized spacial score (nSPS) is 27.4. The van der Waals surface area contributed by atoms with Crippen LogP contribution in [0.1, 0.15) is 24.8 Å². The van der Waals surface area contributed by atoms with Crippen LogP contribution in [-0.4, -0.2) is 65.1 Å². The molecule has 1 aromatic rings. The zero-order valence-corrected chi connectivity index (χ0v) is 13.7. The van der Waals surface area contributed by atoms with Gasteiger partial charge < -0.3 is 10.0 Å². The fourth-order valence-corrected chi connectivity index (χ4v) is 3.57. The molecule has 0 unspecified atom stereocenters. The molecule has 24 heavy (non-hydrogen) atoms. The SMILES string of the molecule is O=C(CCc1ccccc1)N1C[C@@H](O)[C@H](N2CCC(F)(F)CC2)C1. The molecule has 2 saturated heterocycles. The standard InChI is InChI=1S/C18H24F2N2O2/c19-18(20)8-10-21(11-9-18)15-12-22(13-16(15)23)17(24)7-6-14-4-2-1-3-5-14/h1-5,15-16,23H,6-13H2/t15-,16-/m1/s1. The third-order valence-corrected chi connectivity index (χ3v) is 5.08. The Morgan fingerprint density at radius 1 is 1.17 bits per heavy atom. The Morgan fingerprint density at radius 3 is 2.50 bits per heavy atom. The number of benzene rings is 1. The number of piperidine rings is 1. The number of alkyl halides is 2. The number of carbonyl (C=O) groups is 1. The predicted octanol–water partition coefficient (Wildman–Crippen LogP) is 1.92. The number of aliphatic hydroxyl groups excluding tert-OH is 1. The van der Waals surface area contributed by atoms with Crippen LogP contribution < -0.4 is 0 Å². The minimum atomic E-state index is -2.59. The van der Waals surface area contributed by atoms with Gasteiger partial charge in [-0.2, -0.15) is 0 Å². The number of aliphatic hydroxyl groups is 1. The van der Waals surface area contributed by atoms with Crippen molar-refractivity contribution >= 4 is 5.91 Å². The minimum Gasteiger partial charge on any atom is -0.390 e. The Morgan fingerprint density at radius 2 is 1.83 bits per heavy atom. The molecule has 1 amide bonds. The molecule has 0 aliphatic carbocycles. The van der Waals surface area contributed by atoms with Gasteiger partial charge in [0, 0.05) is 45.4 Å². The van der Waals surface area contributed by atoms with Gasteiger partial charge in [-0.25, -0.2) is 8.78 Å². The molecule has 4 nitrogen and oxygen atoms in total. The molecular formula is C18H24F2N2O2. The van der Waals surface area contributed by atoms with Crippen molar-refractivity contribution in [3.05, 3.63) is 35.9 Å². The summed E-state index contributed by atoms with van der Waals surface area (Å²) in [6, 6.07) is 9.59. The van der Waals surface area contributed by atoms with E-state index in [0.29, 0.717) is 25.9 Å². The van der Waals surface area contributed by atoms with Crippen molar-refractivity contribution in [2.45, 2.75) is 43.8 Å². The van der Waals surface area contributed by atoms with E-state index in [0.717, 1.165) is 5.56 Å². The molecule has 0 radical (unpaired) electrons. The van der Waals surface area contributed by atoms with Gasteiger partial charge in [0.25, 0.3) is 5.92 Å². The third-order valence-electron chi connectivity index (χ3n) is 5.08. The Kier molecular flexibility index (Phi) is 5.15. The van der Waals surface area contributed by atoms with E-state index < -0.39 is 12.0 Å². The summed E-state index contributed by atoms with van der Waals surface area (Å²) in [7, 11) is 0. The van der Waals surface area contributed by atoms with Crippen molar-refractivity contribution in [2.24, 2.45) is 0 Å². The number of likely N-dealkylation sites (tertiary alicyclic amines) is 2. The van der Waals surface area contributed by atoms with E-state index in [-0.39, 0.29) is 37.9 Å². The van der Waals surface area contributed by atoms with Crippen LogP contribution in [0.15, 0.2) is 30.3 Å². The predicted molar refractivity (Wildman–Crippen MR) is 86.9 cm³/mol. The largest absolute Gasteiger partial charge is 0.390 e. The average molecular weight is 338 g/mol. The summed E-state index contributed by atoms with van der Waals surface area (Å²) in [5, 5.41) is 10.3.